The highest BCUT2D eigenvalue weighted by atomic mass is 35.5. The number of halogens is 1. The first kappa shape index (κ1) is 13.2. The molecule has 2 unspecified atom stereocenters. The van der Waals surface area contributed by atoms with Gasteiger partial charge in [0.1, 0.15) is 5.82 Å². The van der Waals surface area contributed by atoms with E-state index in [1.54, 1.807) is 0 Å². The van der Waals surface area contributed by atoms with Crippen molar-refractivity contribution in [2.75, 3.05) is 18.0 Å². The molecule has 0 spiro atoms. The van der Waals surface area contributed by atoms with Gasteiger partial charge in [-0.25, -0.2) is 4.98 Å². The molecule has 1 saturated carbocycles. The van der Waals surface area contributed by atoms with E-state index in [0.717, 1.165) is 43.7 Å². The standard InChI is InChI=1S/C15H21ClN2O/c16-10-12-4-3-8-17-14(12)18-9-7-15(19)6-2-1-5-13(15)11-18/h3-4,8,13,19H,1-2,5-7,9-11H2. The summed E-state index contributed by atoms with van der Waals surface area (Å²) in [6.45, 7) is 1.80. The van der Waals surface area contributed by atoms with E-state index in [-0.39, 0.29) is 0 Å². The van der Waals surface area contributed by atoms with Gasteiger partial charge in [-0.15, -0.1) is 11.6 Å². The van der Waals surface area contributed by atoms with E-state index in [2.05, 4.69) is 9.88 Å². The number of aliphatic hydroxyl groups is 1. The van der Waals surface area contributed by atoms with Gasteiger partial charge in [0.15, 0.2) is 0 Å². The van der Waals surface area contributed by atoms with Gasteiger partial charge in [-0.2, -0.15) is 0 Å². The minimum Gasteiger partial charge on any atom is -0.389 e. The first-order chi connectivity index (χ1) is 9.23. The Bertz CT molecular complexity index is 454. The van der Waals surface area contributed by atoms with Gasteiger partial charge in [-0.1, -0.05) is 18.9 Å². The lowest BCUT2D eigenvalue weighted by molar-refractivity contribution is -0.0613. The summed E-state index contributed by atoms with van der Waals surface area (Å²) in [5, 5.41) is 10.7. The van der Waals surface area contributed by atoms with Crippen molar-refractivity contribution in [2.24, 2.45) is 5.92 Å². The van der Waals surface area contributed by atoms with Crippen LogP contribution in [0.4, 0.5) is 5.82 Å². The van der Waals surface area contributed by atoms with Crippen LogP contribution in [-0.2, 0) is 5.88 Å². The molecule has 4 heteroatoms. The van der Waals surface area contributed by atoms with Gasteiger partial charge in [-0.05, 0) is 25.3 Å². The fourth-order valence-electron chi connectivity index (χ4n) is 3.58. The first-order valence-corrected chi connectivity index (χ1v) is 7.73. The molecule has 1 aromatic rings. The van der Waals surface area contributed by atoms with Gasteiger partial charge in [0.25, 0.3) is 0 Å². The number of rotatable bonds is 2. The number of aromatic nitrogens is 1. The Morgan fingerprint density at radius 2 is 2.32 bits per heavy atom. The van der Waals surface area contributed by atoms with Crippen LogP contribution in [0.5, 0.6) is 0 Å². The van der Waals surface area contributed by atoms with E-state index in [4.69, 9.17) is 11.6 Å². The molecule has 0 radical (unpaired) electrons. The smallest absolute Gasteiger partial charge is 0.132 e. The quantitative estimate of drug-likeness (QED) is 0.846. The van der Waals surface area contributed by atoms with Crippen molar-refractivity contribution in [1.29, 1.82) is 0 Å². The zero-order valence-corrected chi connectivity index (χ0v) is 11.9. The summed E-state index contributed by atoms with van der Waals surface area (Å²) >= 11 is 6.00. The Kier molecular flexibility index (Phi) is 3.68. The van der Waals surface area contributed by atoms with E-state index in [1.165, 1.54) is 12.8 Å². The lowest BCUT2D eigenvalue weighted by atomic mass is 9.71. The summed E-state index contributed by atoms with van der Waals surface area (Å²) in [5.41, 5.74) is 0.662. The molecule has 0 amide bonds. The Hall–Kier alpha value is -0.800. The van der Waals surface area contributed by atoms with Gasteiger partial charge in [0.2, 0.25) is 0 Å². The highest BCUT2D eigenvalue weighted by molar-refractivity contribution is 6.17. The highest BCUT2D eigenvalue weighted by Gasteiger charge is 2.43. The number of anilines is 1. The van der Waals surface area contributed by atoms with Crippen LogP contribution in [0.15, 0.2) is 18.3 Å². The summed E-state index contributed by atoms with van der Waals surface area (Å²) in [4.78, 5) is 6.80. The molecule has 0 aromatic carbocycles. The van der Waals surface area contributed by atoms with Crippen LogP contribution in [0.1, 0.15) is 37.7 Å². The highest BCUT2D eigenvalue weighted by Crippen LogP contribution is 2.41. The average molecular weight is 281 g/mol. The molecular weight excluding hydrogens is 260 g/mol. The molecule has 104 valence electrons. The fourth-order valence-corrected chi connectivity index (χ4v) is 3.79. The van der Waals surface area contributed by atoms with Crippen LogP contribution in [-0.4, -0.2) is 28.8 Å². The topological polar surface area (TPSA) is 36.4 Å². The van der Waals surface area contributed by atoms with E-state index < -0.39 is 5.60 Å². The third kappa shape index (κ3) is 2.46. The van der Waals surface area contributed by atoms with Crippen molar-refractivity contribution in [1.82, 2.24) is 4.98 Å². The lowest BCUT2D eigenvalue weighted by Crippen LogP contribution is -2.53. The molecule has 2 aliphatic rings. The van der Waals surface area contributed by atoms with Crippen molar-refractivity contribution in [3.8, 4) is 0 Å². The van der Waals surface area contributed by atoms with Crippen LogP contribution in [0.3, 0.4) is 0 Å². The number of pyridine rings is 1. The number of hydrogen-bond acceptors (Lipinski definition) is 3. The Morgan fingerprint density at radius 1 is 1.42 bits per heavy atom. The molecule has 1 aromatic heterocycles. The number of fused-ring (bicyclic) bond motifs is 1. The van der Waals surface area contributed by atoms with Crippen LogP contribution in [0, 0.1) is 5.92 Å². The van der Waals surface area contributed by atoms with Crippen LogP contribution in [0.2, 0.25) is 0 Å². The monoisotopic (exact) mass is 280 g/mol. The second-order valence-corrected chi connectivity index (χ2v) is 6.13. The van der Waals surface area contributed by atoms with E-state index in [0.29, 0.717) is 11.8 Å². The van der Waals surface area contributed by atoms with Gasteiger partial charge < -0.3 is 10.0 Å². The van der Waals surface area contributed by atoms with Crippen molar-refractivity contribution < 1.29 is 5.11 Å². The molecule has 1 N–H and O–H groups in total. The summed E-state index contributed by atoms with van der Waals surface area (Å²) in [6.07, 6.45) is 7.20. The minimum absolute atomic E-state index is 0.389. The molecule has 3 rings (SSSR count). The summed E-state index contributed by atoms with van der Waals surface area (Å²) in [7, 11) is 0. The SMILES string of the molecule is OC12CCCCC1CN(c1ncccc1CCl)CC2. The van der Waals surface area contributed by atoms with Gasteiger partial charge >= 0.3 is 0 Å². The lowest BCUT2D eigenvalue weighted by Gasteiger charge is -2.48. The number of alkyl halides is 1. The molecule has 2 fully saturated rings. The second kappa shape index (κ2) is 5.29. The summed E-state index contributed by atoms with van der Waals surface area (Å²) < 4.78 is 0. The van der Waals surface area contributed by atoms with Crippen LogP contribution >= 0.6 is 11.6 Å². The summed E-state index contributed by atoms with van der Waals surface area (Å²) in [5.74, 6) is 1.89. The largest absolute Gasteiger partial charge is 0.389 e. The van der Waals surface area contributed by atoms with E-state index >= 15 is 0 Å². The minimum atomic E-state index is -0.426. The predicted molar refractivity (Wildman–Crippen MR) is 77.5 cm³/mol. The maximum absolute atomic E-state index is 10.7. The van der Waals surface area contributed by atoms with Crippen molar-refractivity contribution in [2.45, 2.75) is 43.6 Å². The molecular formula is C15H21ClN2O. The van der Waals surface area contributed by atoms with Crippen molar-refractivity contribution in [3.63, 3.8) is 0 Å². The number of hydrogen-bond donors (Lipinski definition) is 1. The maximum Gasteiger partial charge on any atom is 0.132 e. The zero-order chi connectivity index (χ0) is 13.3. The molecule has 1 aliphatic carbocycles. The normalized spacial score (nSPS) is 31.1. The molecule has 2 atom stereocenters. The summed E-state index contributed by atoms with van der Waals surface area (Å²) in [6, 6.07) is 3.97. The Morgan fingerprint density at radius 3 is 3.16 bits per heavy atom. The van der Waals surface area contributed by atoms with Gasteiger partial charge in [0, 0.05) is 30.8 Å². The van der Waals surface area contributed by atoms with E-state index in [1.807, 2.05) is 18.3 Å². The van der Waals surface area contributed by atoms with E-state index in [9.17, 15) is 5.11 Å². The molecule has 2 heterocycles. The predicted octanol–water partition coefficient (Wildman–Crippen LogP) is 2.95. The second-order valence-electron chi connectivity index (χ2n) is 5.86. The molecule has 1 saturated heterocycles. The molecule has 1 aliphatic heterocycles. The Labute approximate surface area is 119 Å². The zero-order valence-electron chi connectivity index (χ0n) is 11.2. The third-order valence-electron chi connectivity index (χ3n) is 4.74. The van der Waals surface area contributed by atoms with Gasteiger partial charge in [-0.3, -0.25) is 0 Å². The van der Waals surface area contributed by atoms with Crippen molar-refractivity contribution >= 4 is 17.4 Å². The third-order valence-corrected chi connectivity index (χ3v) is 5.03. The van der Waals surface area contributed by atoms with Crippen LogP contribution in [0.25, 0.3) is 0 Å². The molecule has 3 nitrogen and oxygen atoms in total. The number of nitrogens with zero attached hydrogens (tertiary/aromatic N) is 2. The fraction of sp³-hybridized carbons (Fsp3) is 0.667. The first-order valence-electron chi connectivity index (χ1n) is 7.20. The maximum atomic E-state index is 10.7. The molecule has 0 bridgehead atoms. The molecule has 19 heavy (non-hydrogen) atoms. The van der Waals surface area contributed by atoms with Gasteiger partial charge in [0.05, 0.1) is 11.5 Å². The Balaban J connectivity index is 1.81. The van der Waals surface area contributed by atoms with Crippen molar-refractivity contribution in [3.05, 3.63) is 23.9 Å². The number of piperidine rings is 1. The average Bonchev–Trinajstić information content (AvgIpc) is 2.46. The van der Waals surface area contributed by atoms with Crippen LogP contribution < -0.4 is 4.90 Å².